The molecule has 2 rings (SSSR count). The minimum atomic E-state index is 0.155. The third-order valence-electron chi connectivity index (χ3n) is 4.43. The second kappa shape index (κ2) is 7.39. The van der Waals surface area contributed by atoms with E-state index in [0.717, 1.165) is 32.1 Å². The highest BCUT2D eigenvalue weighted by atomic mass is 15.3. The Morgan fingerprint density at radius 1 is 1.05 bits per heavy atom. The zero-order valence-electron chi connectivity index (χ0n) is 14.0. The molecule has 1 aliphatic rings. The quantitative estimate of drug-likeness (QED) is 0.904. The van der Waals surface area contributed by atoms with Crippen LogP contribution in [0.25, 0.3) is 0 Å². The SMILES string of the molecule is Cc1ccccc1C(C(C)N)N1CCN(CC(C)C)CC1. The molecule has 1 fully saturated rings. The zero-order chi connectivity index (χ0) is 15.4. The lowest BCUT2D eigenvalue weighted by molar-refractivity contribution is 0.0802. The van der Waals surface area contributed by atoms with Crippen LogP contribution in [0.4, 0.5) is 0 Å². The molecule has 0 radical (unpaired) electrons. The van der Waals surface area contributed by atoms with Crippen LogP contribution in [0, 0.1) is 12.8 Å². The smallest absolute Gasteiger partial charge is 0.0500 e. The molecule has 1 aromatic rings. The Kier molecular flexibility index (Phi) is 5.80. The third kappa shape index (κ3) is 4.29. The van der Waals surface area contributed by atoms with Crippen LogP contribution in [0.2, 0.25) is 0 Å². The van der Waals surface area contributed by atoms with E-state index in [1.807, 2.05) is 0 Å². The molecule has 21 heavy (non-hydrogen) atoms. The first-order valence-electron chi connectivity index (χ1n) is 8.26. The number of aryl methyl sites for hydroxylation is 1. The molecule has 0 amide bonds. The summed E-state index contributed by atoms with van der Waals surface area (Å²) < 4.78 is 0. The van der Waals surface area contributed by atoms with Crippen molar-refractivity contribution < 1.29 is 0 Å². The molecule has 1 heterocycles. The van der Waals surface area contributed by atoms with Gasteiger partial charge in [-0.15, -0.1) is 0 Å². The summed E-state index contributed by atoms with van der Waals surface area (Å²) >= 11 is 0. The van der Waals surface area contributed by atoms with Crippen molar-refractivity contribution in [2.75, 3.05) is 32.7 Å². The maximum Gasteiger partial charge on any atom is 0.0500 e. The van der Waals surface area contributed by atoms with Crippen molar-refractivity contribution in [1.29, 1.82) is 0 Å². The van der Waals surface area contributed by atoms with Gasteiger partial charge in [0.1, 0.15) is 0 Å². The number of piperazine rings is 1. The van der Waals surface area contributed by atoms with E-state index >= 15 is 0 Å². The van der Waals surface area contributed by atoms with Crippen molar-refractivity contribution in [3.05, 3.63) is 35.4 Å². The third-order valence-corrected chi connectivity index (χ3v) is 4.43. The minimum Gasteiger partial charge on any atom is -0.326 e. The molecule has 0 saturated carbocycles. The lowest BCUT2D eigenvalue weighted by Gasteiger charge is -2.41. The zero-order valence-corrected chi connectivity index (χ0v) is 14.0. The predicted octanol–water partition coefficient (Wildman–Crippen LogP) is 2.66. The number of hydrogen-bond acceptors (Lipinski definition) is 3. The van der Waals surface area contributed by atoms with E-state index in [9.17, 15) is 0 Å². The molecule has 2 unspecified atom stereocenters. The van der Waals surface area contributed by atoms with E-state index in [1.165, 1.54) is 17.7 Å². The van der Waals surface area contributed by atoms with Crippen LogP contribution in [0.15, 0.2) is 24.3 Å². The molecule has 2 atom stereocenters. The van der Waals surface area contributed by atoms with Crippen LogP contribution >= 0.6 is 0 Å². The highest BCUT2D eigenvalue weighted by Crippen LogP contribution is 2.27. The summed E-state index contributed by atoms with van der Waals surface area (Å²) in [4.78, 5) is 5.15. The predicted molar refractivity (Wildman–Crippen MR) is 90.4 cm³/mol. The maximum atomic E-state index is 6.33. The fourth-order valence-electron chi connectivity index (χ4n) is 3.47. The van der Waals surface area contributed by atoms with Gasteiger partial charge in [0.15, 0.2) is 0 Å². The van der Waals surface area contributed by atoms with E-state index in [0.29, 0.717) is 6.04 Å². The average Bonchev–Trinajstić information content (AvgIpc) is 2.42. The fourth-order valence-corrected chi connectivity index (χ4v) is 3.47. The van der Waals surface area contributed by atoms with E-state index in [2.05, 4.69) is 61.8 Å². The number of benzene rings is 1. The molecule has 2 N–H and O–H groups in total. The van der Waals surface area contributed by atoms with Crippen molar-refractivity contribution in [3.8, 4) is 0 Å². The average molecular weight is 289 g/mol. The summed E-state index contributed by atoms with van der Waals surface area (Å²) in [6.45, 7) is 14.7. The van der Waals surface area contributed by atoms with Crippen molar-refractivity contribution in [2.45, 2.75) is 39.8 Å². The van der Waals surface area contributed by atoms with E-state index in [4.69, 9.17) is 5.73 Å². The van der Waals surface area contributed by atoms with Gasteiger partial charge in [0.05, 0.1) is 0 Å². The molecule has 3 nitrogen and oxygen atoms in total. The topological polar surface area (TPSA) is 32.5 Å². The van der Waals surface area contributed by atoms with Gasteiger partial charge < -0.3 is 10.6 Å². The van der Waals surface area contributed by atoms with Gasteiger partial charge in [-0.3, -0.25) is 4.90 Å². The standard InChI is InChI=1S/C18H31N3/c1-14(2)13-20-9-11-21(12-10-20)18(16(4)19)17-8-6-5-7-15(17)3/h5-8,14,16,18H,9-13,19H2,1-4H3. The molecule has 0 aliphatic carbocycles. The summed E-state index contributed by atoms with van der Waals surface area (Å²) in [5.74, 6) is 0.747. The van der Waals surface area contributed by atoms with Crippen molar-refractivity contribution >= 4 is 0 Å². The van der Waals surface area contributed by atoms with Gasteiger partial charge in [0.2, 0.25) is 0 Å². The Labute approximate surface area is 130 Å². The molecule has 1 aromatic carbocycles. The van der Waals surface area contributed by atoms with Gasteiger partial charge in [-0.2, -0.15) is 0 Å². The summed E-state index contributed by atoms with van der Waals surface area (Å²) in [7, 11) is 0. The van der Waals surface area contributed by atoms with Crippen molar-refractivity contribution in [1.82, 2.24) is 9.80 Å². The number of hydrogen-bond donors (Lipinski definition) is 1. The lowest BCUT2D eigenvalue weighted by Crippen LogP contribution is -2.51. The first-order valence-corrected chi connectivity index (χ1v) is 8.26. The lowest BCUT2D eigenvalue weighted by atomic mass is 9.94. The van der Waals surface area contributed by atoms with Crippen LogP contribution in [0.1, 0.15) is 37.9 Å². The number of nitrogens with zero attached hydrogens (tertiary/aromatic N) is 2. The van der Waals surface area contributed by atoms with Gasteiger partial charge in [0.25, 0.3) is 0 Å². The molecule has 118 valence electrons. The summed E-state index contributed by atoms with van der Waals surface area (Å²) in [5, 5.41) is 0. The normalized spacial score (nSPS) is 20.7. The van der Waals surface area contributed by atoms with Gasteiger partial charge in [-0.1, -0.05) is 38.1 Å². The molecule has 0 aromatic heterocycles. The molecular formula is C18H31N3. The van der Waals surface area contributed by atoms with Crippen molar-refractivity contribution in [2.24, 2.45) is 11.7 Å². The highest BCUT2D eigenvalue weighted by molar-refractivity contribution is 5.30. The highest BCUT2D eigenvalue weighted by Gasteiger charge is 2.28. The van der Waals surface area contributed by atoms with Gasteiger partial charge in [-0.25, -0.2) is 0 Å². The molecule has 0 bridgehead atoms. The van der Waals surface area contributed by atoms with E-state index < -0.39 is 0 Å². The van der Waals surface area contributed by atoms with Crippen molar-refractivity contribution in [3.63, 3.8) is 0 Å². The first-order chi connectivity index (χ1) is 9.99. The summed E-state index contributed by atoms with van der Waals surface area (Å²) in [5.41, 5.74) is 9.07. The summed E-state index contributed by atoms with van der Waals surface area (Å²) in [6.07, 6.45) is 0. The Balaban J connectivity index is 2.06. The van der Waals surface area contributed by atoms with Gasteiger partial charge in [0, 0.05) is 44.8 Å². The van der Waals surface area contributed by atoms with E-state index in [-0.39, 0.29) is 6.04 Å². The van der Waals surface area contributed by atoms with Crippen LogP contribution in [0.5, 0.6) is 0 Å². The minimum absolute atomic E-state index is 0.155. The van der Waals surface area contributed by atoms with Crippen LogP contribution in [-0.4, -0.2) is 48.6 Å². The van der Waals surface area contributed by atoms with Gasteiger partial charge >= 0.3 is 0 Å². The van der Waals surface area contributed by atoms with Crippen LogP contribution in [-0.2, 0) is 0 Å². The molecule has 0 spiro atoms. The Hall–Kier alpha value is -0.900. The Bertz CT molecular complexity index is 434. The number of rotatable bonds is 5. The van der Waals surface area contributed by atoms with E-state index in [1.54, 1.807) is 0 Å². The second-order valence-electron chi connectivity index (χ2n) is 6.89. The molecule has 1 aliphatic heterocycles. The Morgan fingerprint density at radius 3 is 2.19 bits per heavy atom. The molecule has 3 heteroatoms. The Morgan fingerprint density at radius 2 is 1.67 bits per heavy atom. The maximum absolute atomic E-state index is 6.33. The van der Waals surface area contributed by atoms with Crippen LogP contribution in [0.3, 0.4) is 0 Å². The molecular weight excluding hydrogens is 258 g/mol. The fraction of sp³-hybridized carbons (Fsp3) is 0.667. The van der Waals surface area contributed by atoms with Gasteiger partial charge in [-0.05, 0) is 30.9 Å². The summed E-state index contributed by atoms with van der Waals surface area (Å²) in [6, 6.07) is 9.17. The first kappa shape index (κ1) is 16.5. The second-order valence-corrected chi connectivity index (χ2v) is 6.89. The monoisotopic (exact) mass is 289 g/mol. The number of nitrogens with two attached hydrogens (primary N) is 1. The largest absolute Gasteiger partial charge is 0.326 e. The van der Waals surface area contributed by atoms with Crippen LogP contribution < -0.4 is 5.73 Å². The molecule has 1 saturated heterocycles.